The molecule has 0 radical (unpaired) electrons. The maximum Gasteiger partial charge on any atom is 0.266 e. The molecule has 3 aromatic rings. The lowest BCUT2D eigenvalue weighted by Crippen LogP contribution is -2.45. The number of aromatic nitrogens is 1. The molecule has 6 heteroatoms. The molecule has 0 spiro atoms. The molecule has 1 aromatic heterocycles. The Morgan fingerprint density at radius 1 is 0.968 bits per heavy atom. The third kappa shape index (κ3) is 4.29. The highest BCUT2D eigenvalue weighted by molar-refractivity contribution is 6.28. The lowest BCUT2D eigenvalue weighted by atomic mass is 9.89. The molecule has 1 unspecified atom stereocenters. The molecule has 0 fully saturated rings. The number of carbonyl (C=O) groups excluding carboxylic acids is 2. The Labute approximate surface area is 181 Å². The number of hydrogen-bond acceptors (Lipinski definition) is 5. The first-order chi connectivity index (χ1) is 15.1. The number of aliphatic imine (C=N–C) groups is 1. The van der Waals surface area contributed by atoms with Gasteiger partial charge in [0.15, 0.2) is 0 Å². The first-order valence-electron chi connectivity index (χ1n) is 10.2. The van der Waals surface area contributed by atoms with E-state index in [1.54, 1.807) is 42.7 Å². The molecular weight excluding hydrogens is 388 g/mol. The van der Waals surface area contributed by atoms with Crippen molar-refractivity contribution >= 4 is 23.8 Å². The van der Waals surface area contributed by atoms with Crippen LogP contribution in [0.15, 0.2) is 77.9 Å². The van der Waals surface area contributed by atoms with Crippen molar-refractivity contribution in [3.8, 4) is 0 Å². The molecule has 156 valence electrons. The minimum atomic E-state index is -0.642. The van der Waals surface area contributed by atoms with E-state index in [4.69, 9.17) is 0 Å². The SMILES string of the molecule is CN(C)Cc1ccccc1CN=CC1C(=O)N(c2ccccn2)C(=O)c2ccccc21. The van der Waals surface area contributed by atoms with Crippen molar-refractivity contribution < 1.29 is 9.59 Å². The first kappa shape index (κ1) is 20.6. The van der Waals surface area contributed by atoms with Gasteiger partial charge in [0.1, 0.15) is 5.82 Å². The fourth-order valence-electron chi connectivity index (χ4n) is 3.77. The average molecular weight is 412 g/mol. The number of hydrogen-bond donors (Lipinski definition) is 0. The van der Waals surface area contributed by atoms with Crippen LogP contribution >= 0.6 is 0 Å². The number of rotatable bonds is 6. The van der Waals surface area contributed by atoms with E-state index in [-0.39, 0.29) is 11.8 Å². The van der Waals surface area contributed by atoms with Gasteiger partial charge in [-0.3, -0.25) is 14.6 Å². The third-order valence-electron chi connectivity index (χ3n) is 5.22. The minimum Gasteiger partial charge on any atom is -0.305 e. The number of imide groups is 1. The number of pyridine rings is 1. The van der Waals surface area contributed by atoms with Gasteiger partial charge in [0.05, 0.1) is 12.5 Å². The highest BCUT2D eigenvalue weighted by Crippen LogP contribution is 2.31. The maximum atomic E-state index is 13.3. The van der Waals surface area contributed by atoms with Crippen molar-refractivity contribution in [2.45, 2.75) is 19.0 Å². The normalized spacial score (nSPS) is 16.2. The summed E-state index contributed by atoms with van der Waals surface area (Å²) in [5, 5.41) is 0. The van der Waals surface area contributed by atoms with Crippen molar-refractivity contribution in [2.24, 2.45) is 4.99 Å². The zero-order valence-electron chi connectivity index (χ0n) is 17.6. The zero-order chi connectivity index (χ0) is 21.8. The summed E-state index contributed by atoms with van der Waals surface area (Å²) in [6.45, 7) is 1.28. The monoisotopic (exact) mass is 412 g/mol. The predicted octanol–water partition coefficient (Wildman–Crippen LogP) is 3.68. The second-order valence-electron chi connectivity index (χ2n) is 7.73. The van der Waals surface area contributed by atoms with E-state index in [9.17, 15) is 9.59 Å². The van der Waals surface area contributed by atoms with Crippen LogP contribution in [0.25, 0.3) is 0 Å². The van der Waals surface area contributed by atoms with Gasteiger partial charge in [0, 0.05) is 24.5 Å². The van der Waals surface area contributed by atoms with Gasteiger partial charge in [-0.25, -0.2) is 9.88 Å². The molecule has 1 atom stereocenters. The molecule has 2 aromatic carbocycles. The van der Waals surface area contributed by atoms with E-state index in [1.807, 2.05) is 38.4 Å². The summed E-state index contributed by atoms with van der Waals surface area (Å²) in [4.78, 5) is 38.4. The maximum absolute atomic E-state index is 13.3. The Balaban J connectivity index is 1.65. The molecule has 0 N–H and O–H groups in total. The largest absolute Gasteiger partial charge is 0.305 e. The molecule has 0 aliphatic carbocycles. The van der Waals surface area contributed by atoms with E-state index in [0.717, 1.165) is 17.0 Å². The standard InChI is InChI=1S/C25H24N4O2/c1-28(2)17-19-10-4-3-9-18(19)15-26-16-22-20-11-5-6-12-21(20)24(30)29(25(22)31)23-13-7-8-14-27-23/h3-14,16,22H,15,17H2,1-2H3. The number of carbonyl (C=O) groups is 2. The highest BCUT2D eigenvalue weighted by Gasteiger charge is 2.39. The van der Waals surface area contributed by atoms with E-state index in [0.29, 0.717) is 23.5 Å². The summed E-state index contributed by atoms with van der Waals surface area (Å²) in [7, 11) is 4.06. The van der Waals surface area contributed by atoms with Gasteiger partial charge in [-0.2, -0.15) is 0 Å². The molecule has 2 amide bonds. The van der Waals surface area contributed by atoms with Crippen LogP contribution in [-0.4, -0.2) is 42.0 Å². The summed E-state index contributed by atoms with van der Waals surface area (Å²) in [5.74, 6) is -1.02. The molecule has 0 saturated carbocycles. The molecule has 1 aliphatic heterocycles. The number of benzene rings is 2. The first-order valence-corrected chi connectivity index (χ1v) is 10.2. The van der Waals surface area contributed by atoms with Crippen molar-refractivity contribution in [2.75, 3.05) is 19.0 Å². The average Bonchev–Trinajstić information content (AvgIpc) is 2.77. The lowest BCUT2D eigenvalue weighted by molar-refractivity contribution is -0.118. The van der Waals surface area contributed by atoms with Crippen molar-refractivity contribution in [3.63, 3.8) is 0 Å². The Bertz CT molecular complexity index is 1130. The smallest absolute Gasteiger partial charge is 0.266 e. The second-order valence-corrected chi connectivity index (χ2v) is 7.73. The van der Waals surface area contributed by atoms with Crippen LogP contribution in [0, 0.1) is 0 Å². The molecule has 1 aliphatic rings. The molecule has 4 rings (SSSR count). The molecule has 0 bridgehead atoms. The molecular formula is C25H24N4O2. The molecule has 2 heterocycles. The number of amides is 2. The van der Waals surface area contributed by atoms with Gasteiger partial charge >= 0.3 is 0 Å². The van der Waals surface area contributed by atoms with Crippen LogP contribution in [0.1, 0.15) is 33.0 Å². The number of anilines is 1. The van der Waals surface area contributed by atoms with Crippen LogP contribution in [0.5, 0.6) is 0 Å². The summed E-state index contributed by atoms with van der Waals surface area (Å²) < 4.78 is 0. The quantitative estimate of drug-likeness (QED) is 0.458. The molecule has 31 heavy (non-hydrogen) atoms. The van der Waals surface area contributed by atoms with Gasteiger partial charge < -0.3 is 4.90 Å². The Kier molecular flexibility index (Phi) is 6.00. The van der Waals surface area contributed by atoms with Crippen LogP contribution in [0.3, 0.4) is 0 Å². The Hall–Kier alpha value is -3.64. The summed E-state index contributed by atoms with van der Waals surface area (Å²) in [6, 6.07) is 20.5. The van der Waals surface area contributed by atoms with E-state index in [2.05, 4.69) is 27.0 Å². The van der Waals surface area contributed by atoms with Gasteiger partial charge in [-0.05, 0) is 49.0 Å². The van der Waals surface area contributed by atoms with Crippen LogP contribution in [-0.2, 0) is 17.9 Å². The summed E-state index contributed by atoms with van der Waals surface area (Å²) in [6.07, 6.45) is 3.23. The van der Waals surface area contributed by atoms with Gasteiger partial charge in [0.25, 0.3) is 5.91 Å². The third-order valence-corrected chi connectivity index (χ3v) is 5.22. The number of fused-ring (bicyclic) bond motifs is 1. The van der Waals surface area contributed by atoms with Crippen molar-refractivity contribution in [1.29, 1.82) is 0 Å². The van der Waals surface area contributed by atoms with Crippen LogP contribution < -0.4 is 4.90 Å². The summed E-state index contributed by atoms with van der Waals surface area (Å²) >= 11 is 0. The molecule has 0 saturated heterocycles. The predicted molar refractivity (Wildman–Crippen MR) is 121 cm³/mol. The van der Waals surface area contributed by atoms with E-state index in [1.165, 1.54) is 5.56 Å². The van der Waals surface area contributed by atoms with Crippen molar-refractivity contribution in [1.82, 2.24) is 9.88 Å². The lowest BCUT2D eigenvalue weighted by Gasteiger charge is -2.30. The van der Waals surface area contributed by atoms with Crippen LogP contribution in [0.2, 0.25) is 0 Å². The van der Waals surface area contributed by atoms with Gasteiger partial charge in [0.2, 0.25) is 5.91 Å². The van der Waals surface area contributed by atoms with Crippen molar-refractivity contribution in [3.05, 3.63) is 95.2 Å². The van der Waals surface area contributed by atoms with Gasteiger partial charge in [-0.15, -0.1) is 0 Å². The highest BCUT2D eigenvalue weighted by atomic mass is 16.2. The molecule has 6 nitrogen and oxygen atoms in total. The Morgan fingerprint density at radius 3 is 2.42 bits per heavy atom. The van der Waals surface area contributed by atoms with E-state index < -0.39 is 5.92 Å². The van der Waals surface area contributed by atoms with Crippen LogP contribution in [0.4, 0.5) is 5.82 Å². The summed E-state index contributed by atoms with van der Waals surface area (Å²) in [5.41, 5.74) is 3.49. The topological polar surface area (TPSA) is 65.9 Å². The van der Waals surface area contributed by atoms with Gasteiger partial charge in [-0.1, -0.05) is 48.5 Å². The minimum absolute atomic E-state index is 0.321. The van der Waals surface area contributed by atoms with E-state index >= 15 is 0 Å². The fourth-order valence-corrected chi connectivity index (χ4v) is 3.77. The zero-order valence-corrected chi connectivity index (χ0v) is 17.6. The Morgan fingerprint density at radius 2 is 1.68 bits per heavy atom. The fraction of sp³-hybridized carbons (Fsp3) is 0.200. The second kappa shape index (κ2) is 9.02. The number of nitrogens with zero attached hydrogens (tertiary/aromatic N) is 4.